The third-order valence-corrected chi connectivity index (χ3v) is 19.0. The Hall–Kier alpha value is -1.66. The minimum Gasteiger partial charge on any atom is -0.466 e. The summed E-state index contributed by atoms with van der Waals surface area (Å²) >= 11 is 0. The number of unbranched alkanes of at least 4 members (excludes halogenated alkanes) is 61. The number of rotatable bonds is 76. The second kappa shape index (κ2) is 76.8. The van der Waals surface area contributed by atoms with Gasteiger partial charge in [-0.15, -0.1) is 0 Å². The zero-order valence-corrected chi connectivity index (χ0v) is 59.3. The van der Waals surface area contributed by atoms with Gasteiger partial charge in [0, 0.05) is 12.8 Å². The van der Waals surface area contributed by atoms with Crippen LogP contribution in [0.2, 0.25) is 0 Å². The van der Waals surface area contributed by atoms with E-state index in [-0.39, 0.29) is 18.5 Å². The van der Waals surface area contributed by atoms with E-state index in [1.807, 2.05) is 0 Å². The number of aliphatic hydroxyl groups is 2. The van der Waals surface area contributed by atoms with Crippen LogP contribution in [0.1, 0.15) is 457 Å². The number of carbonyl (C=O) groups excluding carboxylic acids is 2. The standard InChI is InChI=1S/C81H157NO5/c1-3-5-7-9-11-13-15-17-19-20-21-22-23-30-33-36-39-42-46-49-53-57-61-65-69-73-79(84)78(77-83)82-80(85)74-70-66-62-58-54-50-47-43-40-37-34-31-28-26-24-25-27-29-32-35-38-41-44-48-52-56-60-64-68-72-76-87-81(86)75-71-67-63-59-55-51-45-18-16-14-12-10-8-6-4-2/h12,14,18,45,78-79,83-84H,3-11,13,15-17,19-44,46-77H2,1-2H3,(H,82,85)/b14-12-,45-18-. The highest BCUT2D eigenvalue weighted by atomic mass is 16.5. The molecule has 0 saturated heterocycles. The topological polar surface area (TPSA) is 95.9 Å². The largest absolute Gasteiger partial charge is 0.466 e. The smallest absolute Gasteiger partial charge is 0.305 e. The first-order valence-electron chi connectivity index (χ1n) is 40.1. The van der Waals surface area contributed by atoms with Crippen molar-refractivity contribution in [2.45, 2.75) is 469 Å². The SMILES string of the molecule is CCCCC/C=C\C/C=C\CCCCCCCC(=O)OCCCCCCCCCCCCCCCCCCCCCCCCCCCCCCCCC(=O)NC(CO)C(O)CCCCCCCCCCCCCCCCCCCCCCCCCCC. The van der Waals surface area contributed by atoms with Crippen LogP contribution in [0.3, 0.4) is 0 Å². The Morgan fingerprint density at radius 1 is 0.322 bits per heavy atom. The van der Waals surface area contributed by atoms with Gasteiger partial charge in [-0.25, -0.2) is 0 Å². The van der Waals surface area contributed by atoms with E-state index < -0.39 is 12.1 Å². The Bertz CT molecular complexity index is 1360. The second-order valence-corrected chi connectivity index (χ2v) is 27.8. The van der Waals surface area contributed by atoms with Crippen LogP contribution in [0.25, 0.3) is 0 Å². The van der Waals surface area contributed by atoms with Crippen molar-refractivity contribution in [3.05, 3.63) is 24.3 Å². The Balaban J connectivity index is 3.34. The fraction of sp³-hybridized carbons (Fsp3) is 0.926. The van der Waals surface area contributed by atoms with E-state index in [4.69, 9.17) is 4.74 Å². The van der Waals surface area contributed by atoms with E-state index in [2.05, 4.69) is 43.5 Å². The molecule has 0 aromatic carbocycles. The molecule has 1 amide bonds. The van der Waals surface area contributed by atoms with Gasteiger partial charge < -0.3 is 20.3 Å². The lowest BCUT2D eigenvalue weighted by Crippen LogP contribution is -2.45. The first-order valence-corrected chi connectivity index (χ1v) is 40.1. The lowest BCUT2D eigenvalue weighted by Gasteiger charge is -2.22. The molecule has 2 atom stereocenters. The Kier molecular flexibility index (Phi) is 75.3. The Labute approximate surface area is 545 Å². The minimum absolute atomic E-state index is 0.00713. The summed E-state index contributed by atoms with van der Waals surface area (Å²) in [4.78, 5) is 24.7. The molecule has 0 aliphatic heterocycles. The first kappa shape index (κ1) is 85.3. The number of ether oxygens (including phenoxy) is 1. The number of allylic oxidation sites excluding steroid dienone is 4. The van der Waals surface area contributed by atoms with E-state index in [1.165, 1.54) is 372 Å². The van der Waals surface area contributed by atoms with Gasteiger partial charge in [0.1, 0.15) is 0 Å². The van der Waals surface area contributed by atoms with Crippen molar-refractivity contribution in [1.82, 2.24) is 5.32 Å². The summed E-state index contributed by atoms with van der Waals surface area (Å²) in [5.74, 6) is -0.0180. The van der Waals surface area contributed by atoms with Crippen molar-refractivity contribution in [2.75, 3.05) is 13.2 Å². The van der Waals surface area contributed by atoms with Crippen LogP contribution in [0, 0.1) is 0 Å². The number of hydrogen-bond donors (Lipinski definition) is 3. The van der Waals surface area contributed by atoms with Gasteiger partial charge in [0.25, 0.3) is 0 Å². The van der Waals surface area contributed by atoms with E-state index in [0.717, 1.165) is 51.4 Å². The van der Waals surface area contributed by atoms with E-state index in [0.29, 0.717) is 25.9 Å². The zero-order valence-electron chi connectivity index (χ0n) is 59.3. The molecule has 0 heterocycles. The molecule has 0 rings (SSSR count). The molecule has 6 heteroatoms. The molecule has 6 nitrogen and oxygen atoms in total. The molecule has 0 aromatic heterocycles. The van der Waals surface area contributed by atoms with Crippen LogP contribution in [-0.2, 0) is 14.3 Å². The molecular weight excluding hydrogens is 1070 g/mol. The molecule has 87 heavy (non-hydrogen) atoms. The molecule has 0 radical (unpaired) electrons. The minimum atomic E-state index is -0.663. The normalized spacial score (nSPS) is 12.6. The summed E-state index contributed by atoms with van der Waals surface area (Å²) in [7, 11) is 0. The highest BCUT2D eigenvalue weighted by molar-refractivity contribution is 5.76. The summed E-state index contributed by atoms with van der Waals surface area (Å²) in [5, 5.41) is 23.5. The molecule has 0 bridgehead atoms. The van der Waals surface area contributed by atoms with Gasteiger partial charge in [0.05, 0.1) is 25.4 Å². The maximum Gasteiger partial charge on any atom is 0.305 e. The van der Waals surface area contributed by atoms with Gasteiger partial charge in [-0.1, -0.05) is 411 Å². The predicted octanol–water partition coefficient (Wildman–Crippen LogP) is 26.4. The third kappa shape index (κ3) is 73.3. The summed E-state index contributed by atoms with van der Waals surface area (Å²) in [5.41, 5.74) is 0. The zero-order chi connectivity index (χ0) is 62.8. The van der Waals surface area contributed by atoms with Crippen molar-refractivity contribution < 1.29 is 24.5 Å². The van der Waals surface area contributed by atoms with Crippen LogP contribution < -0.4 is 5.32 Å². The van der Waals surface area contributed by atoms with Gasteiger partial charge in [0.2, 0.25) is 5.91 Å². The average Bonchev–Trinajstić information content (AvgIpc) is 3.52. The summed E-state index contributed by atoms with van der Waals surface area (Å²) in [6.07, 6.45) is 98.4. The fourth-order valence-electron chi connectivity index (χ4n) is 12.9. The Morgan fingerprint density at radius 3 is 0.897 bits per heavy atom. The molecule has 0 aromatic rings. The molecule has 0 aliphatic carbocycles. The highest BCUT2D eigenvalue weighted by Gasteiger charge is 2.20. The Morgan fingerprint density at radius 2 is 0.575 bits per heavy atom. The van der Waals surface area contributed by atoms with Gasteiger partial charge in [0.15, 0.2) is 0 Å². The molecule has 3 N–H and O–H groups in total. The number of carbonyl (C=O) groups is 2. The maximum absolute atomic E-state index is 12.6. The predicted molar refractivity (Wildman–Crippen MR) is 384 cm³/mol. The van der Waals surface area contributed by atoms with Crippen molar-refractivity contribution in [3.8, 4) is 0 Å². The van der Waals surface area contributed by atoms with Crippen molar-refractivity contribution in [1.29, 1.82) is 0 Å². The molecule has 2 unspecified atom stereocenters. The molecule has 0 fully saturated rings. The second-order valence-electron chi connectivity index (χ2n) is 27.8. The highest BCUT2D eigenvalue weighted by Crippen LogP contribution is 2.20. The molecule has 0 saturated carbocycles. The number of aliphatic hydroxyl groups excluding tert-OH is 2. The lowest BCUT2D eigenvalue weighted by atomic mass is 10.0. The van der Waals surface area contributed by atoms with E-state index >= 15 is 0 Å². The fourth-order valence-corrected chi connectivity index (χ4v) is 12.9. The van der Waals surface area contributed by atoms with Crippen LogP contribution in [0.15, 0.2) is 24.3 Å². The van der Waals surface area contributed by atoms with Crippen LogP contribution in [0.5, 0.6) is 0 Å². The van der Waals surface area contributed by atoms with E-state index in [9.17, 15) is 19.8 Å². The lowest BCUT2D eigenvalue weighted by molar-refractivity contribution is -0.143. The monoisotopic (exact) mass is 1220 g/mol. The number of nitrogens with one attached hydrogen (secondary N) is 1. The average molecular weight is 1230 g/mol. The number of amides is 1. The molecule has 516 valence electrons. The quantitative estimate of drug-likeness (QED) is 0.0320. The number of esters is 1. The van der Waals surface area contributed by atoms with Gasteiger partial charge in [-0.3, -0.25) is 9.59 Å². The summed E-state index contributed by atoms with van der Waals surface area (Å²) in [6.45, 7) is 4.97. The van der Waals surface area contributed by atoms with Gasteiger partial charge >= 0.3 is 5.97 Å². The number of hydrogen-bond acceptors (Lipinski definition) is 5. The van der Waals surface area contributed by atoms with Crippen LogP contribution >= 0.6 is 0 Å². The van der Waals surface area contributed by atoms with Crippen molar-refractivity contribution >= 4 is 11.9 Å². The molecular formula is C81H157NO5. The molecule has 0 spiro atoms. The van der Waals surface area contributed by atoms with Gasteiger partial charge in [-0.2, -0.15) is 0 Å². The summed E-state index contributed by atoms with van der Waals surface area (Å²) in [6, 6.07) is -0.540. The first-order chi connectivity index (χ1) is 43.0. The van der Waals surface area contributed by atoms with Crippen LogP contribution in [-0.4, -0.2) is 47.4 Å². The van der Waals surface area contributed by atoms with Crippen molar-refractivity contribution in [2.24, 2.45) is 0 Å². The third-order valence-electron chi connectivity index (χ3n) is 19.0. The van der Waals surface area contributed by atoms with Crippen molar-refractivity contribution in [3.63, 3.8) is 0 Å². The molecule has 0 aliphatic rings. The van der Waals surface area contributed by atoms with Gasteiger partial charge in [-0.05, 0) is 57.8 Å². The van der Waals surface area contributed by atoms with E-state index in [1.54, 1.807) is 0 Å². The van der Waals surface area contributed by atoms with Crippen LogP contribution in [0.4, 0.5) is 0 Å². The maximum atomic E-state index is 12.6. The summed E-state index contributed by atoms with van der Waals surface area (Å²) < 4.78 is 5.49.